The fourth-order valence-corrected chi connectivity index (χ4v) is 1.15. The van der Waals surface area contributed by atoms with E-state index in [9.17, 15) is 18.9 Å². The number of carbonyl (C=O) groups is 2. The number of aldehydes is 1. The molecule has 0 fully saturated rings. The highest BCUT2D eigenvalue weighted by Gasteiger charge is 2.22. The van der Waals surface area contributed by atoms with Crippen molar-refractivity contribution in [1.82, 2.24) is 0 Å². The van der Waals surface area contributed by atoms with Gasteiger partial charge in [-0.05, 0) is 30.3 Å². The van der Waals surface area contributed by atoms with Gasteiger partial charge in [0, 0.05) is 5.56 Å². The molecule has 0 amide bonds. The molecule has 1 aromatic carbocycles. The van der Waals surface area contributed by atoms with E-state index in [-0.39, 0.29) is 23.6 Å². The summed E-state index contributed by atoms with van der Waals surface area (Å²) in [5.74, 6) is -1.44. The van der Waals surface area contributed by atoms with Crippen molar-refractivity contribution in [3.8, 4) is 5.75 Å². The first-order valence-electron chi connectivity index (χ1n) is 5.02. The number of benzene rings is 1. The smallest absolute Gasteiger partial charge is 0.381 e. The van der Waals surface area contributed by atoms with Gasteiger partial charge < -0.3 is 9.47 Å². The van der Waals surface area contributed by atoms with Crippen molar-refractivity contribution in [2.75, 3.05) is 6.61 Å². The van der Waals surface area contributed by atoms with Crippen LogP contribution in [0, 0.1) is 4.91 Å². The molecule has 0 heterocycles. The molecule has 18 heavy (non-hydrogen) atoms. The van der Waals surface area contributed by atoms with E-state index in [1.54, 1.807) is 0 Å². The zero-order valence-corrected chi connectivity index (χ0v) is 9.46. The number of halogens is 1. The first-order chi connectivity index (χ1) is 8.62. The molecule has 0 saturated heterocycles. The van der Waals surface area contributed by atoms with Crippen LogP contribution in [0.2, 0.25) is 0 Å². The van der Waals surface area contributed by atoms with Crippen molar-refractivity contribution in [3.05, 3.63) is 28.7 Å². The van der Waals surface area contributed by atoms with E-state index in [1.807, 2.05) is 0 Å². The number of rotatable bonds is 6. The average Bonchev–Trinajstić information content (AvgIpc) is 2.39. The van der Waals surface area contributed by atoms with Crippen LogP contribution in [-0.4, -0.2) is 25.2 Å². The Morgan fingerprint density at radius 3 is 2.83 bits per heavy atom. The van der Waals surface area contributed by atoms with Crippen LogP contribution in [0.3, 0.4) is 0 Å². The number of hydrogen-bond acceptors (Lipinski definition) is 6. The summed E-state index contributed by atoms with van der Waals surface area (Å²) in [7, 11) is 0. The minimum absolute atomic E-state index is 0.00544. The normalized spacial score (nSPS) is 11.4. The Bertz CT molecular complexity index is 463. The molecule has 6 nitrogen and oxygen atoms in total. The number of alkyl halides is 1. The fourth-order valence-electron chi connectivity index (χ4n) is 1.15. The minimum atomic E-state index is -2.35. The van der Waals surface area contributed by atoms with Gasteiger partial charge >= 0.3 is 12.3 Å². The van der Waals surface area contributed by atoms with Crippen LogP contribution < -0.4 is 4.74 Å². The SMILES string of the molecule is CCOC(=O)C(F)Oc1ccc(C=O)cc1N=O. The average molecular weight is 255 g/mol. The topological polar surface area (TPSA) is 82.0 Å². The van der Waals surface area contributed by atoms with Crippen LogP contribution in [0.5, 0.6) is 5.75 Å². The lowest BCUT2D eigenvalue weighted by molar-refractivity contribution is -0.159. The number of ether oxygens (including phenoxy) is 2. The van der Waals surface area contributed by atoms with Gasteiger partial charge in [-0.15, -0.1) is 4.91 Å². The second-order valence-electron chi connectivity index (χ2n) is 3.12. The summed E-state index contributed by atoms with van der Waals surface area (Å²) in [5.41, 5.74) is -0.0879. The lowest BCUT2D eigenvalue weighted by Crippen LogP contribution is -2.24. The Labute approximate surface area is 102 Å². The van der Waals surface area contributed by atoms with Crippen molar-refractivity contribution in [3.63, 3.8) is 0 Å². The Morgan fingerprint density at radius 2 is 2.28 bits per heavy atom. The molecule has 1 aromatic rings. The zero-order valence-electron chi connectivity index (χ0n) is 9.46. The van der Waals surface area contributed by atoms with Gasteiger partial charge in [-0.3, -0.25) is 4.79 Å². The van der Waals surface area contributed by atoms with E-state index >= 15 is 0 Å². The van der Waals surface area contributed by atoms with Crippen LogP contribution in [0.25, 0.3) is 0 Å². The molecule has 1 unspecified atom stereocenters. The quantitative estimate of drug-likeness (QED) is 0.441. The number of hydrogen-bond donors (Lipinski definition) is 0. The van der Waals surface area contributed by atoms with Crippen LogP contribution >= 0.6 is 0 Å². The Kier molecular flexibility index (Phi) is 4.91. The molecule has 1 atom stereocenters. The summed E-state index contributed by atoms with van der Waals surface area (Å²) in [5, 5.41) is 2.58. The summed E-state index contributed by atoms with van der Waals surface area (Å²) in [6.07, 6.45) is -1.86. The summed E-state index contributed by atoms with van der Waals surface area (Å²) in [6, 6.07) is 3.59. The van der Waals surface area contributed by atoms with E-state index in [0.29, 0.717) is 6.29 Å². The second-order valence-corrected chi connectivity index (χ2v) is 3.12. The Balaban J connectivity index is 2.86. The van der Waals surface area contributed by atoms with E-state index in [4.69, 9.17) is 0 Å². The molecular weight excluding hydrogens is 245 g/mol. The van der Waals surface area contributed by atoms with Crippen molar-refractivity contribution >= 4 is 17.9 Å². The first kappa shape index (κ1) is 13.8. The van der Waals surface area contributed by atoms with E-state index in [1.165, 1.54) is 19.1 Å². The van der Waals surface area contributed by atoms with Crippen LogP contribution in [0.15, 0.2) is 23.4 Å². The molecule has 0 N–H and O–H groups in total. The highest BCUT2D eigenvalue weighted by atomic mass is 19.1. The number of nitrogens with zero attached hydrogens (tertiary/aromatic N) is 1. The predicted molar refractivity (Wildman–Crippen MR) is 59.4 cm³/mol. The molecule has 0 radical (unpaired) electrons. The van der Waals surface area contributed by atoms with Gasteiger partial charge in [0.05, 0.1) is 6.61 Å². The van der Waals surface area contributed by atoms with Crippen LogP contribution in [0.1, 0.15) is 17.3 Å². The lowest BCUT2D eigenvalue weighted by Gasteiger charge is -2.11. The highest BCUT2D eigenvalue weighted by Crippen LogP contribution is 2.29. The molecule has 96 valence electrons. The van der Waals surface area contributed by atoms with Gasteiger partial charge in [0.15, 0.2) is 11.4 Å². The van der Waals surface area contributed by atoms with Crippen LogP contribution in [0.4, 0.5) is 10.1 Å². The molecule has 0 saturated carbocycles. The third-order valence-corrected chi connectivity index (χ3v) is 1.92. The fraction of sp³-hybridized carbons (Fsp3) is 0.273. The molecule has 0 aromatic heterocycles. The van der Waals surface area contributed by atoms with E-state index in [2.05, 4.69) is 14.7 Å². The standard InChI is InChI=1S/C11H10FNO5/c1-2-17-11(15)10(12)18-9-4-3-7(6-14)5-8(9)13-16/h3-6,10H,2H2,1H3. The zero-order chi connectivity index (χ0) is 13.5. The molecule has 1 rings (SSSR count). The lowest BCUT2D eigenvalue weighted by atomic mass is 10.2. The summed E-state index contributed by atoms with van der Waals surface area (Å²) >= 11 is 0. The van der Waals surface area contributed by atoms with Crippen molar-refractivity contribution in [1.29, 1.82) is 0 Å². The van der Waals surface area contributed by atoms with E-state index in [0.717, 1.165) is 6.07 Å². The van der Waals surface area contributed by atoms with E-state index < -0.39 is 12.3 Å². The van der Waals surface area contributed by atoms with Gasteiger partial charge in [0.25, 0.3) is 0 Å². The van der Waals surface area contributed by atoms with Crippen molar-refractivity contribution in [2.45, 2.75) is 13.3 Å². The molecule has 0 aliphatic carbocycles. The summed E-state index contributed by atoms with van der Waals surface area (Å²) < 4.78 is 22.2. The highest BCUT2D eigenvalue weighted by molar-refractivity contribution is 5.78. The monoisotopic (exact) mass is 255 g/mol. The largest absolute Gasteiger partial charge is 0.461 e. The Hall–Kier alpha value is -2.31. The maximum Gasteiger partial charge on any atom is 0.381 e. The van der Waals surface area contributed by atoms with Gasteiger partial charge in [0.2, 0.25) is 0 Å². The molecule has 0 aliphatic heterocycles. The number of esters is 1. The molecule has 0 aliphatic rings. The molecule has 7 heteroatoms. The van der Waals surface area contributed by atoms with Gasteiger partial charge in [-0.25, -0.2) is 4.79 Å². The first-order valence-corrected chi connectivity index (χ1v) is 5.02. The second kappa shape index (κ2) is 6.43. The Morgan fingerprint density at radius 1 is 1.56 bits per heavy atom. The van der Waals surface area contributed by atoms with Gasteiger partial charge in [0.1, 0.15) is 6.29 Å². The molecule has 0 bridgehead atoms. The molecular formula is C11H10FNO5. The van der Waals surface area contributed by atoms with Crippen molar-refractivity contribution < 1.29 is 23.5 Å². The third-order valence-electron chi connectivity index (χ3n) is 1.92. The summed E-state index contributed by atoms with van der Waals surface area (Å²) in [6.45, 7) is 1.52. The number of nitroso groups, excluding NO2 is 1. The number of carbonyl (C=O) groups excluding carboxylic acids is 2. The summed E-state index contributed by atoms with van der Waals surface area (Å²) in [4.78, 5) is 31.9. The van der Waals surface area contributed by atoms with Crippen LogP contribution in [-0.2, 0) is 9.53 Å². The third kappa shape index (κ3) is 3.34. The maximum atomic E-state index is 13.3. The minimum Gasteiger partial charge on any atom is -0.461 e. The van der Waals surface area contributed by atoms with Gasteiger partial charge in [-0.1, -0.05) is 0 Å². The van der Waals surface area contributed by atoms with Gasteiger partial charge in [-0.2, -0.15) is 4.39 Å². The van der Waals surface area contributed by atoms with Crippen molar-refractivity contribution in [2.24, 2.45) is 5.18 Å². The maximum absolute atomic E-state index is 13.3. The molecule has 0 spiro atoms. The predicted octanol–water partition coefficient (Wildman–Crippen LogP) is 2.13.